The zero-order chi connectivity index (χ0) is 15.9. The number of thiophene rings is 1. The highest BCUT2D eigenvalue weighted by Gasteiger charge is 2.04. The van der Waals surface area contributed by atoms with Gasteiger partial charge in [0.15, 0.2) is 0 Å². The van der Waals surface area contributed by atoms with E-state index in [1.54, 1.807) is 11.3 Å². The van der Waals surface area contributed by atoms with Gasteiger partial charge in [-0.1, -0.05) is 30.3 Å². The fraction of sp³-hybridized carbons (Fsp3) is 0.105. The van der Waals surface area contributed by atoms with Crippen LogP contribution < -0.4 is 10.1 Å². The van der Waals surface area contributed by atoms with Crippen molar-refractivity contribution in [3.05, 3.63) is 82.6 Å². The van der Waals surface area contributed by atoms with Crippen LogP contribution in [0.2, 0.25) is 0 Å². The number of ether oxygens (including phenoxy) is 1. The molecular formula is C19H17NO2S. The molecular weight excluding hydrogens is 306 g/mol. The van der Waals surface area contributed by atoms with E-state index in [9.17, 15) is 4.79 Å². The normalized spacial score (nSPS) is 10.3. The van der Waals surface area contributed by atoms with E-state index in [-0.39, 0.29) is 5.91 Å². The maximum Gasteiger partial charge on any atom is 0.228 e. The third-order valence-electron chi connectivity index (χ3n) is 3.33. The van der Waals surface area contributed by atoms with Crippen molar-refractivity contribution in [2.75, 3.05) is 5.32 Å². The summed E-state index contributed by atoms with van der Waals surface area (Å²) < 4.78 is 5.73. The Morgan fingerprint density at radius 3 is 2.43 bits per heavy atom. The maximum atomic E-state index is 11.9. The van der Waals surface area contributed by atoms with Crippen molar-refractivity contribution in [2.24, 2.45) is 0 Å². The molecule has 3 nitrogen and oxygen atoms in total. The monoisotopic (exact) mass is 323 g/mol. The predicted octanol–water partition coefficient (Wildman–Crippen LogP) is 4.51. The molecule has 0 radical (unpaired) electrons. The van der Waals surface area contributed by atoms with Gasteiger partial charge in [-0.05, 0) is 52.2 Å². The van der Waals surface area contributed by atoms with Crippen molar-refractivity contribution in [3.63, 3.8) is 0 Å². The van der Waals surface area contributed by atoms with Crippen LogP contribution in [0.1, 0.15) is 11.1 Å². The van der Waals surface area contributed by atoms with Crippen molar-refractivity contribution in [2.45, 2.75) is 13.0 Å². The van der Waals surface area contributed by atoms with Crippen LogP contribution in [-0.2, 0) is 17.8 Å². The molecule has 1 amide bonds. The SMILES string of the molecule is O=C(Cc1ccsc1)Nc1ccc(OCc2ccccc2)cc1. The molecule has 0 unspecified atom stereocenters. The molecule has 4 heteroatoms. The number of carbonyl (C=O) groups excluding carboxylic acids is 1. The summed E-state index contributed by atoms with van der Waals surface area (Å²) in [5.74, 6) is 0.769. The first-order valence-electron chi connectivity index (χ1n) is 7.37. The van der Waals surface area contributed by atoms with Gasteiger partial charge in [-0.3, -0.25) is 4.79 Å². The Kier molecular flexibility index (Phi) is 5.06. The topological polar surface area (TPSA) is 38.3 Å². The van der Waals surface area contributed by atoms with Gasteiger partial charge in [0.1, 0.15) is 12.4 Å². The molecule has 1 heterocycles. The second-order valence-corrected chi connectivity index (χ2v) is 5.94. The van der Waals surface area contributed by atoms with Gasteiger partial charge in [0.2, 0.25) is 5.91 Å². The first-order valence-corrected chi connectivity index (χ1v) is 8.31. The summed E-state index contributed by atoms with van der Waals surface area (Å²) in [6, 6.07) is 19.4. The van der Waals surface area contributed by atoms with Gasteiger partial charge >= 0.3 is 0 Å². The third kappa shape index (κ3) is 4.69. The van der Waals surface area contributed by atoms with E-state index >= 15 is 0 Å². The number of nitrogens with one attached hydrogen (secondary N) is 1. The smallest absolute Gasteiger partial charge is 0.228 e. The molecule has 0 aliphatic heterocycles. The van der Waals surface area contributed by atoms with Gasteiger partial charge < -0.3 is 10.1 Å². The summed E-state index contributed by atoms with van der Waals surface area (Å²) in [4.78, 5) is 11.9. The van der Waals surface area contributed by atoms with Crippen LogP contribution in [-0.4, -0.2) is 5.91 Å². The second kappa shape index (κ2) is 7.61. The van der Waals surface area contributed by atoms with E-state index in [4.69, 9.17) is 4.74 Å². The van der Waals surface area contributed by atoms with Gasteiger partial charge in [0.05, 0.1) is 6.42 Å². The number of anilines is 1. The molecule has 0 fully saturated rings. The van der Waals surface area contributed by atoms with E-state index in [0.717, 1.165) is 22.6 Å². The highest BCUT2D eigenvalue weighted by Crippen LogP contribution is 2.17. The van der Waals surface area contributed by atoms with Crippen LogP contribution >= 0.6 is 11.3 Å². The summed E-state index contributed by atoms with van der Waals surface area (Å²) in [5, 5.41) is 6.85. The number of amides is 1. The lowest BCUT2D eigenvalue weighted by molar-refractivity contribution is -0.115. The van der Waals surface area contributed by atoms with Gasteiger partial charge in [0.25, 0.3) is 0 Å². The molecule has 0 saturated carbocycles. The molecule has 0 bridgehead atoms. The van der Waals surface area contributed by atoms with Crippen molar-refractivity contribution >= 4 is 22.9 Å². The average Bonchev–Trinajstić information content (AvgIpc) is 3.08. The average molecular weight is 323 g/mol. The molecule has 23 heavy (non-hydrogen) atoms. The van der Waals surface area contributed by atoms with Crippen LogP contribution in [0.15, 0.2) is 71.4 Å². The lowest BCUT2D eigenvalue weighted by Crippen LogP contribution is -2.13. The van der Waals surface area contributed by atoms with Crippen molar-refractivity contribution in [1.82, 2.24) is 0 Å². The molecule has 0 aliphatic rings. The van der Waals surface area contributed by atoms with Crippen molar-refractivity contribution in [1.29, 1.82) is 0 Å². The minimum Gasteiger partial charge on any atom is -0.489 e. The lowest BCUT2D eigenvalue weighted by atomic mass is 10.2. The van der Waals surface area contributed by atoms with E-state index in [2.05, 4.69) is 5.32 Å². The number of hydrogen-bond donors (Lipinski definition) is 1. The van der Waals surface area contributed by atoms with Crippen LogP contribution in [0.5, 0.6) is 5.75 Å². The van der Waals surface area contributed by atoms with Gasteiger partial charge in [0, 0.05) is 5.69 Å². The Labute approximate surface area is 139 Å². The Morgan fingerprint density at radius 2 is 1.74 bits per heavy atom. The first kappa shape index (κ1) is 15.3. The quantitative estimate of drug-likeness (QED) is 0.725. The Morgan fingerprint density at radius 1 is 0.957 bits per heavy atom. The molecule has 0 aliphatic carbocycles. The zero-order valence-corrected chi connectivity index (χ0v) is 13.4. The second-order valence-electron chi connectivity index (χ2n) is 5.16. The summed E-state index contributed by atoms with van der Waals surface area (Å²) in [6.07, 6.45) is 0.399. The van der Waals surface area contributed by atoms with E-state index in [1.165, 1.54) is 0 Å². The standard InChI is InChI=1S/C19H17NO2S/c21-19(12-16-10-11-23-14-16)20-17-6-8-18(9-7-17)22-13-15-4-2-1-3-5-15/h1-11,14H,12-13H2,(H,20,21). The summed E-state index contributed by atoms with van der Waals surface area (Å²) in [5.41, 5.74) is 2.94. The number of rotatable bonds is 6. The molecule has 0 atom stereocenters. The van der Waals surface area contributed by atoms with Gasteiger partial charge in [-0.25, -0.2) is 0 Å². The Bertz CT molecular complexity index is 737. The van der Waals surface area contributed by atoms with Crippen molar-refractivity contribution < 1.29 is 9.53 Å². The Balaban J connectivity index is 1.51. The highest BCUT2D eigenvalue weighted by atomic mass is 32.1. The maximum absolute atomic E-state index is 11.9. The molecule has 0 spiro atoms. The number of benzene rings is 2. The minimum absolute atomic E-state index is 0.0126. The third-order valence-corrected chi connectivity index (χ3v) is 4.06. The van der Waals surface area contributed by atoms with Crippen LogP contribution in [0, 0.1) is 0 Å². The molecule has 1 aromatic heterocycles. The van der Waals surface area contributed by atoms with E-state index < -0.39 is 0 Å². The van der Waals surface area contributed by atoms with Crippen LogP contribution in [0.3, 0.4) is 0 Å². The largest absolute Gasteiger partial charge is 0.489 e. The molecule has 3 rings (SSSR count). The minimum atomic E-state index is -0.0126. The molecule has 116 valence electrons. The molecule has 1 N–H and O–H groups in total. The van der Waals surface area contributed by atoms with Crippen LogP contribution in [0.25, 0.3) is 0 Å². The number of hydrogen-bond acceptors (Lipinski definition) is 3. The highest BCUT2D eigenvalue weighted by molar-refractivity contribution is 7.08. The van der Waals surface area contributed by atoms with Crippen LogP contribution in [0.4, 0.5) is 5.69 Å². The van der Waals surface area contributed by atoms with E-state index in [1.807, 2.05) is 71.4 Å². The molecule has 2 aromatic carbocycles. The van der Waals surface area contributed by atoms with E-state index in [0.29, 0.717) is 13.0 Å². The molecule has 3 aromatic rings. The fourth-order valence-electron chi connectivity index (χ4n) is 2.16. The lowest BCUT2D eigenvalue weighted by Gasteiger charge is -2.08. The molecule has 0 saturated heterocycles. The number of carbonyl (C=O) groups is 1. The zero-order valence-electron chi connectivity index (χ0n) is 12.6. The summed E-state index contributed by atoms with van der Waals surface area (Å²) in [6.45, 7) is 0.532. The summed E-state index contributed by atoms with van der Waals surface area (Å²) >= 11 is 1.60. The van der Waals surface area contributed by atoms with Gasteiger partial charge in [-0.2, -0.15) is 11.3 Å². The summed E-state index contributed by atoms with van der Waals surface area (Å²) in [7, 11) is 0. The van der Waals surface area contributed by atoms with Gasteiger partial charge in [-0.15, -0.1) is 0 Å². The van der Waals surface area contributed by atoms with Crippen molar-refractivity contribution in [3.8, 4) is 5.75 Å². The first-order chi connectivity index (χ1) is 11.3. The predicted molar refractivity (Wildman–Crippen MR) is 93.9 cm³/mol. The fourth-order valence-corrected chi connectivity index (χ4v) is 2.83. The Hall–Kier alpha value is -2.59.